The fourth-order valence-electron chi connectivity index (χ4n) is 2.61. The van der Waals surface area contributed by atoms with Crippen LogP contribution in [0.4, 0.5) is 0 Å². The van der Waals surface area contributed by atoms with Gasteiger partial charge in [0.2, 0.25) is 0 Å². The Balaban J connectivity index is 1.86. The highest BCUT2D eigenvalue weighted by molar-refractivity contribution is 5.97. The van der Waals surface area contributed by atoms with Crippen LogP contribution in [0.2, 0.25) is 0 Å². The maximum Gasteiger partial charge on any atom is 0.164 e. The number of Topliss-reactive ketones (excluding diaryl/α,β-unsaturated/α-hetero) is 1. The van der Waals surface area contributed by atoms with Crippen LogP contribution < -0.4 is 0 Å². The van der Waals surface area contributed by atoms with E-state index >= 15 is 0 Å². The number of nitrogens with zero attached hydrogens (tertiary/aromatic N) is 2. The molecule has 0 aromatic heterocycles. The SMILES string of the molecule is Cc1ccccc1C(=O)CCN1CCN(C)C(C)C1. The van der Waals surface area contributed by atoms with E-state index in [1.807, 2.05) is 31.2 Å². The van der Waals surface area contributed by atoms with E-state index in [1.165, 1.54) is 0 Å². The van der Waals surface area contributed by atoms with Crippen LogP contribution in [0.15, 0.2) is 24.3 Å². The Bertz CT molecular complexity index is 444. The molecule has 1 heterocycles. The van der Waals surface area contributed by atoms with Gasteiger partial charge >= 0.3 is 0 Å². The summed E-state index contributed by atoms with van der Waals surface area (Å²) >= 11 is 0. The average molecular weight is 260 g/mol. The molecule has 0 spiro atoms. The molecule has 0 radical (unpaired) electrons. The molecule has 1 atom stereocenters. The fraction of sp³-hybridized carbons (Fsp3) is 0.562. The lowest BCUT2D eigenvalue weighted by Crippen LogP contribution is -2.50. The van der Waals surface area contributed by atoms with E-state index in [9.17, 15) is 4.79 Å². The Morgan fingerprint density at radius 2 is 2.05 bits per heavy atom. The van der Waals surface area contributed by atoms with Crippen molar-refractivity contribution in [1.82, 2.24) is 9.80 Å². The van der Waals surface area contributed by atoms with Gasteiger partial charge in [0.25, 0.3) is 0 Å². The molecule has 19 heavy (non-hydrogen) atoms. The van der Waals surface area contributed by atoms with Crippen LogP contribution in [0.3, 0.4) is 0 Å². The third kappa shape index (κ3) is 3.64. The van der Waals surface area contributed by atoms with Gasteiger partial charge in [0.1, 0.15) is 0 Å². The quantitative estimate of drug-likeness (QED) is 0.775. The Kier molecular flexibility index (Phi) is 4.72. The lowest BCUT2D eigenvalue weighted by atomic mass is 10.0. The van der Waals surface area contributed by atoms with Crippen molar-refractivity contribution in [1.29, 1.82) is 0 Å². The van der Waals surface area contributed by atoms with E-state index in [0.717, 1.165) is 37.3 Å². The van der Waals surface area contributed by atoms with Crippen LogP contribution in [0, 0.1) is 6.92 Å². The second kappa shape index (κ2) is 6.31. The first kappa shape index (κ1) is 14.2. The van der Waals surface area contributed by atoms with E-state index in [1.54, 1.807) is 0 Å². The van der Waals surface area contributed by atoms with Gasteiger partial charge in [-0.25, -0.2) is 0 Å². The molecule has 1 unspecified atom stereocenters. The van der Waals surface area contributed by atoms with Gasteiger partial charge in [0.05, 0.1) is 0 Å². The predicted molar refractivity (Wildman–Crippen MR) is 78.7 cm³/mol. The van der Waals surface area contributed by atoms with E-state index in [0.29, 0.717) is 12.5 Å². The number of aryl methyl sites for hydroxylation is 1. The molecule has 104 valence electrons. The van der Waals surface area contributed by atoms with Gasteiger partial charge in [-0.1, -0.05) is 24.3 Å². The minimum absolute atomic E-state index is 0.268. The van der Waals surface area contributed by atoms with Crippen LogP contribution in [0.25, 0.3) is 0 Å². The van der Waals surface area contributed by atoms with Crippen LogP contribution in [0.1, 0.15) is 29.3 Å². The fourth-order valence-corrected chi connectivity index (χ4v) is 2.61. The van der Waals surface area contributed by atoms with E-state index in [-0.39, 0.29) is 5.78 Å². The van der Waals surface area contributed by atoms with Crippen molar-refractivity contribution in [3.63, 3.8) is 0 Å². The third-order valence-electron chi connectivity index (χ3n) is 4.14. The standard InChI is InChI=1S/C16H24N2O/c1-13-6-4-5-7-15(13)16(19)8-9-18-11-10-17(3)14(2)12-18/h4-7,14H,8-12H2,1-3H3. The first-order chi connectivity index (χ1) is 9.08. The molecular formula is C16H24N2O. The highest BCUT2D eigenvalue weighted by Gasteiger charge is 2.21. The van der Waals surface area contributed by atoms with Gasteiger partial charge in [0.15, 0.2) is 5.78 Å². The molecule has 1 aromatic rings. The molecule has 1 aliphatic heterocycles. The zero-order valence-electron chi connectivity index (χ0n) is 12.2. The number of piperazine rings is 1. The lowest BCUT2D eigenvalue weighted by molar-refractivity contribution is 0.0873. The molecular weight excluding hydrogens is 236 g/mol. The largest absolute Gasteiger partial charge is 0.301 e. The molecule has 3 nitrogen and oxygen atoms in total. The minimum Gasteiger partial charge on any atom is -0.301 e. The Hall–Kier alpha value is -1.19. The zero-order valence-corrected chi connectivity index (χ0v) is 12.2. The van der Waals surface area contributed by atoms with Crippen LogP contribution >= 0.6 is 0 Å². The zero-order chi connectivity index (χ0) is 13.8. The average Bonchev–Trinajstić information content (AvgIpc) is 2.40. The van der Waals surface area contributed by atoms with Crippen molar-refractivity contribution in [2.75, 3.05) is 33.2 Å². The highest BCUT2D eigenvalue weighted by Crippen LogP contribution is 2.12. The molecule has 2 rings (SSSR count). The lowest BCUT2D eigenvalue weighted by Gasteiger charge is -2.37. The molecule has 0 saturated carbocycles. The number of hydrogen-bond donors (Lipinski definition) is 0. The molecule has 3 heteroatoms. The number of rotatable bonds is 4. The Labute approximate surface area is 116 Å². The van der Waals surface area contributed by atoms with Crippen molar-refractivity contribution in [2.45, 2.75) is 26.3 Å². The van der Waals surface area contributed by atoms with Crippen molar-refractivity contribution in [2.24, 2.45) is 0 Å². The molecule has 0 N–H and O–H groups in total. The first-order valence-electron chi connectivity index (χ1n) is 7.09. The number of carbonyl (C=O) groups is 1. The number of ketones is 1. The van der Waals surface area contributed by atoms with Gasteiger partial charge in [-0.3, -0.25) is 4.79 Å². The summed E-state index contributed by atoms with van der Waals surface area (Å²) in [5.41, 5.74) is 1.96. The van der Waals surface area contributed by atoms with Crippen molar-refractivity contribution < 1.29 is 4.79 Å². The van der Waals surface area contributed by atoms with Crippen molar-refractivity contribution >= 4 is 5.78 Å². The predicted octanol–water partition coefficient (Wildman–Crippen LogP) is 2.20. The Morgan fingerprint density at radius 3 is 2.74 bits per heavy atom. The normalized spacial score (nSPS) is 21.5. The number of carbonyl (C=O) groups excluding carboxylic acids is 1. The smallest absolute Gasteiger partial charge is 0.164 e. The van der Waals surface area contributed by atoms with Crippen LogP contribution in [-0.4, -0.2) is 54.9 Å². The van der Waals surface area contributed by atoms with E-state index in [4.69, 9.17) is 0 Å². The van der Waals surface area contributed by atoms with Crippen molar-refractivity contribution in [3.8, 4) is 0 Å². The van der Waals surface area contributed by atoms with Crippen molar-refractivity contribution in [3.05, 3.63) is 35.4 Å². The number of likely N-dealkylation sites (N-methyl/N-ethyl adjacent to an activating group) is 1. The van der Waals surface area contributed by atoms with E-state index in [2.05, 4.69) is 23.8 Å². The summed E-state index contributed by atoms with van der Waals surface area (Å²) in [5.74, 6) is 0.268. The highest BCUT2D eigenvalue weighted by atomic mass is 16.1. The first-order valence-corrected chi connectivity index (χ1v) is 7.09. The molecule has 0 aliphatic carbocycles. The summed E-state index contributed by atoms with van der Waals surface area (Å²) in [7, 11) is 2.17. The summed E-state index contributed by atoms with van der Waals surface area (Å²) in [4.78, 5) is 17.0. The maximum absolute atomic E-state index is 12.2. The second-order valence-electron chi connectivity index (χ2n) is 5.62. The van der Waals surface area contributed by atoms with Gasteiger partial charge < -0.3 is 9.80 Å². The molecule has 1 aromatic carbocycles. The second-order valence-corrected chi connectivity index (χ2v) is 5.62. The summed E-state index contributed by atoms with van der Waals surface area (Å²) in [6.45, 7) is 8.37. The Morgan fingerprint density at radius 1 is 1.32 bits per heavy atom. The third-order valence-corrected chi connectivity index (χ3v) is 4.14. The van der Waals surface area contributed by atoms with Crippen LogP contribution in [0.5, 0.6) is 0 Å². The maximum atomic E-state index is 12.2. The number of hydrogen-bond acceptors (Lipinski definition) is 3. The summed E-state index contributed by atoms with van der Waals surface area (Å²) in [5, 5.41) is 0. The van der Waals surface area contributed by atoms with E-state index < -0.39 is 0 Å². The summed E-state index contributed by atoms with van der Waals surface area (Å²) < 4.78 is 0. The molecule has 0 amide bonds. The van der Waals surface area contributed by atoms with Crippen LogP contribution in [-0.2, 0) is 0 Å². The summed E-state index contributed by atoms with van der Waals surface area (Å²) in [6, 6.07) is 8.45. The molecule has 1 aliphatic rings. The minimum atomic E-state index is 0.268. The molecule has 0 bridgehead atoms. The molecule has 1 saturated heterocycles. The van der Waals surface area contributed by atoms with Gasteiger partial charge in [0, 0.05) is 44.2 Å². The van der Waals surface area contributed by atoms with Gasteiger partial charge in [-0.05, 0) is 26.5 Å². The monoisotopic (exact) mass is 260 g/mol. The van der Waals surface area contributed by atoms with Gasteiger partial charge in [-0.15, -0.1) is 0 Å². The summed E-state index contributed by atoms with van der Waals surface area (Å²) in [6.07, 6.45) is 0.626. The van der Waals surface area contributed by atoms with Gasteiger partial charge in [-0.2, -0.15) is 0 Å². The molecule has 1 fully saturated rings. The number of benzene rings is 1. The topological polar surface area (TPSA) is 23.6 Å².